The summed E-state index contributed by atoms with van der Waals surface area (Å²) in [6.07, 6.45) is 23.4. The zero-order chi connectivity index (χ0) is 26.8. The highest BCUT2D eigenvalue weighted by atomic mass is 32.2. The quantitative estimate of drug-likeness (QED) is 0.0917. The molecule has 3 rings (SSSR count). The normalized spacial score (nSPS) is 14.4. The average Bonchev–Trinajstić information content (AvgIpc) is 3.41. The molecular weight excluding hydrogens is 509 g/mol. The van der Waals surface area contributed by atoms with Crippen LogP contribution in [0.25, 0.3) is 0 Å². The number of aromatic nitrogens is 1. The molecule has 0 atom stereocenters. The van der Waals surface area contributed by atoms with Crippen LogP contribution in [0.4, 0.5) is 10.8 Å². The van der Waals surface area contributed by atoms with Crippen molar-refractivity contribution in [2.75, 3.05) is 29.3 Å². The fraction of sp³-hybridized carbons (Fsp3) is 0.548. The molecule has 5 nitrogen and oxygen atoms in total. The second-order valence-electron chi connectivity index (χ2n) is 9.88. The number of rotatable bonds is 17. The number of nitrogens with one attached hydrogen (secondary N) is 1. The van der Waals surface area contributed by atoms with Gasteiger partial charge in [0, 0.05) is 13.1 Å². The largest absolute Gasteiger partial charge is 0.342 e. The highest BCUT2D eigenvalue weighted by Gasteiger charge is 2.23. The second-order valence-corrected chi connectivity index (χ2v) is 12.2. The van der Waals surface area contributed by atoms with Gasteiger partial charge in [0.15, 0.2) is 0 Å². The van der Waals surface area contributed by atoms with Crippen molar-refractivity contribution in [2.24, 2.45) is 0 Å². The molecule has 0 bridgehead atoms. The van der Waals surface area contributed by atoms with Crippen LogP contribution in [-0.2, 0) is 4.79 Å². The van der Waals surface area contributed by atoms with Crippen LogP contribution in [0.3, 0.4) is 0 Å². The van der Waals surface area contributed by atoms with Gasteiger partial charge in [-0.05, 0) is 57.1 Å². The topological polar surface area (TPSA) is 48.5 Å². The number of para-hydroxylation sites is 1. The van der Waals surface area contributed by atoms with Gasteiger partial charge in [0.05, 0.1) is 27.9 Å². The Labute approximate surface area is 238 Å². The monoisotopic (exact) mass is 554 g/mol. The highest BCUT2D eigenvalue weighted by Crippen LogP contribution is 2.32. The number of thiazole rings is 1. The molecule has 2 aromatic rings. The van der Waals surface area contributed by atoms with Crippen molar-refractivity contribution in [3.63, 3.8) is 0 Å². The number of carbonyl (C=O) groups excluding carboxylic acids is 1. The van der Waals surface area contributed by atoms with Crippen molar-refractivity contribution in [2.45, 2.75) is 94.7 Å². The van der Waals surface area contributed by atoms with E-state index in [9.17, 15) is 4.79 Å². The van der Waals surface area contributed by atoms with E-state index < -0.39 is 0 Å². The lowest BCUT2D eigenvalue weighted by Gasteiger charge is -2.35. The van der Waals surface area contributed by atoms with Crippen molar-refractivity contribution >= 4 is 39.8 Å². The summed E-state index contributed by atoms with van der Waals surface area (Å²) in [6, 6.07) is 11.0. The summed E-state index contributed by atoms with van der Waals surface area (Å²) >= 11 is 3.25. The summed E-state index contributed by atoms with van der Waals surface area (Å²) in [4.78, 5) is 19.7. The van der Waals surface area contributed by atoms with E-state index >= 15 is 0 Å². The predicted octanol–water partition coefficient (Wildman–Crippen LogP) is 8.72. The number of allylic oxidation sites excluding steroid dienone is 4. The summed E-state index contributed by atoms with van der Waals surface area (Å²) in [5, 5.41) is 3.19. The summed E-state index contributed by atoms with van der Waals surface area (Å²) in [5.74, 6) is 0.705. The maximum atomic E-state index is 13.0. The molecule has 1 amide bonds. The van der Waals surface area contributed by atoms with Gasteiger partial charge in [0.1, 0.15) is 0 Å². The van der Waals surface area contributed by atoms with Crippen molar-refractivity contribution in [3.05, 3.63) is 60.8 Å². The first kappa shape index (κ1) is 30.3. The van der Waals surface area contributed by atoms with Gasteiger partial charge in [-0.1, -0.05) is 93.4 Å². The molecule has 208 valence electrons. The van der Waals surface area contributed by atoms with Crippen LogP contribution in [0.5, 0.6) is 0 Å². The Bertz CT molecular complexity index is 969. The first-order chi connectivity index (χ1) is 18.7. The summed E-state index contributed by atoms with van der Waals surface area (Å²) < 4.78 is 1.08. The highest BCUT2D eigenvalue weighted by molar-refractivity contribution is 8.01. The molecule has 1 saturated carbocycles. The minimum atomic E-state index is 0.234. The molecule has 0 saturated heterocycles. The van der Waals surface area contributed by atoms with Gasteiger partial charge < -0.3 is 4.90 Å². The number of unbranched alkanes of at least 4 members (excludes halogenated alkanes) is 3. The Morgan fingerprint density at radius 3 is 2.61 bits per heavy atom. The molecule has 1 aromatic heterocycles. The van der Waals surface area contributed by atoms with Gasteiger partial charge in [-0.3, -0.25) is 15.2 Å². The molecule has 0 radical (unpaired) electrons. The van der Waals surface area contributed by atoms with Crippen molar-refractivity contribution in [3.8, 4) is 0 Å². The summed E-state index contributed by atoms with van der Waals surface area (Å²) in [6.45, 7) is 5.99. The third-order valence-corrected chi connectivity index (χ3v) is 8.86. The predicted molar refractivity (Wildman–Crippen MR) is 166 cm³/mol. The van der Waals surface area contributed by atoms with Crippen molar-refractivity contribution < 1.29 is 4.79 Å². The first-order valence-electron chi connectivity index (χ1n) is 14.5. The fourth-order valence-electron chi connectivity index (χ4n) is 4.76. The Morgan fingerprint density at radius 1 is 1.05 bits per heavy atom. The zero-order valence-electron chi connectivity index (χ0n) is 23.3. The Kier molecular flexibility index (Phi) is 14.4. The van der Waals surface area contributed by atoms with Gasteiger partial charge in [-0.25, -0.2) is 4.98 Å². The van der Waals surface area contributed by atoms with Gasteiger partial charge in [-0.2, -0.15) is 0 Å². The zero-order valence-corrected chi connectivity index (χ0v) is 24.9. The molecule has 38 heavy (non-hydrogen) atoms. The van der Waals surface area contributed by atoms with E-state index in [1.165, 1.54) is 44.2 Å². The molecule has 1 heterocycles. The molecule has 1 aliphatic carbocycles. The van der Waals surface area contributed by atoms with E-state index in [0.29, 0.717) is 11.8 Å². The molecule has 1 fully saturated rings. The van der Waals surface area contributed by atoms with Gasteiger partial charge in [-0.15, -0.1) is 11.8 Å². The lowest BCUT2D eigenvalue weighted by Crippen LogP contribution is -2.41. The van der Waals surface area contributed by atoms with Crippen LogP contribution in [0.2, 0.25) is 0 Å². The lowest BCUT2D eigenvalue weighted by atomic mass is 9.95. The molecule has 0 unspecified atom stereocenters. The summed E-state index contributed by atoms with van der Waals surface area (Å²) in [5.41, 5.74) is 4.78. The third-order valence-electron chi connectivity index (χ3n) is 6.78. The smallest absolute Gasteiger partial charge is 0.232 e. The first-order valence-corrected chi connectivity index (χ1v) is 16.3. The third kappa shape index (κ3) is 10.9. The van der Waals surface area contributed by atoms with Crippen molar-refractivity contribution in [1.29, 1.82) is 0 Å². The fourth-order valence-corrected chi connectivity index (χ4v) is 6.53. The van der Waals surface area contributed by atoms with E-state index in [2.05, 4.69) is 83.9 Å². The Morgan fingerprint density at radius 2 is 1.84 bits per heavy atom. The molecular formula is C31H46N4OS2. The number of nitrogens with zero attached hydrogens (tertiary/aromatic N) is 3. The van der Waals surface area contributed by atoms with Crippen LogP contribution >= 0.6 is 23.1 Å². The van der Waals surface area contributed by atoms with Crippen LogP contribution < -0.4 is 10.4 Å². The number of hydrogen-bond acceptors (Lipinski definition) is 6. The van der Waals surface area contributed by atoms with Gasteiger partial charge in [0.25, 0.3) is 0 Å². The minimum absolute atomic E-state index is 0.234. The Balaban J connectivity index is 1.45. The second kappa shape index (κ2) is 18.1. The maximum Gasteiger partial charge on any atom is 0.232 e. The summed E-state index contributed by atoms with van der Waals surface area (Å²) in [7, 11) is 0. The maximum absolute atomic E-state index is 13.0. The van der Waals surface area contributed by atoms with E-state index in [1.54, 1.807) is 23.1 Å². The standard InChI is InChI=1S/C31H46N4OS2/c1-3-5-6-7-8-9-10-11-18-24-34(23-4-2)29(36)26-37-30-25-32-31(38-30)33-35(27-19-14-12-15-20-27)28-21-16-13-17-22-28/h5-8,12,14-15,19-20,25,28H,3-4,9-11,13,16-18,21-24,26H2,1-2H3,(H,32,33)/b6-5-,8-7-. The molecule has 1 N–H and O–H groups in total. The number of anilines is 2. The van der Waals surface area contributed by atoms with Crippen LogP contribution in [-0.4, -0.2) is 40.7 Å². The van der Waals surface area contributed by atoms with Crippen LogP contribution in [0.1, 0.15) is 84.5 Å². The van der Waals surface area contributed by atoms with E-state index in [-0.39, 0.29) is 5.91 Å². The Hall–Kier alpha value is -2.25. The number of thioether (sulfide) groups is 1. The van der Waals surface area contributed by atoms with Gasteiger partial charge in [0.2, 0.25) is 11.0 Å². The van der Waals surface area contributed by atoms with E-state index in [0.717, 1.165) is 54.5 Å². The SMILES string of the molecule is CC/C=C\C=C/CCCCCN(CCC)C(=O)CSc1cnc(NN(c2ccccc2)C2CCCCC2)s1. The van der Waals surface area contributed by atoms with Crippen molar-refractivity contribution in [1.82, 2.24) is 9.88 Å². The van der Waals surface area contributed by atoms with E-state index in [1.807, 2.05) is 11.1 Å². The van der Waals surface area contributed by atoms with Gasteiger partial charge >= 0.3 is 0 Å². The number of carbonyl (C=O) groups is 1. The lowest BCUT2D eigenvalue weighted by molar-refractivity contribution is -0.128. The molecule has 1 aliphatic rings. The average molecular weight is 555 g/mol. The molecule has 1 aromatic carbocycles. The molecule has 7 heteroatoms. The number of hydrogen-bond donors (Lipinski definition) is 1. The van der Waals surface area contributed by atoms with Crippen LogP contribution in [0, 0.1) is 0 Å². The van der Waals surface area contributed by atoms with Crippen LogP contribution in [0.15, 0.2) is 65.0 Å². The number of amides is 1. The van der Waals surface area contributed by atoms with E-state index in [4.69, 9.17) is 0 Å². The molecule has 0 spiro atoms. The number of benzene rings is 1. The number of hydrazine groups is 1. The minimum Gasteiger partial charge on any atom is -0.342 e. The molecule has 0 aliphatic heterocycles.